The number of benzene rings is 2. The minimum atomic E-state index is -3.63. The van der Waals surface area contributed by atoms with Gasteiger partial charge in [-0.1, -0.05) is 75.3 Å². The van der Waals surface area contributed by atoms with Gasteiger partial charge in [0.2, 0.25) is 0 Å². The van der Waals surface area contributed by atoms with Crippen molar-refractivity contribution in [3.05, 3.63) is 59.2 Å². The summed E-state index contributed by atoms with van der Waals surface area (Å²) >= 11 is 0. The first-order valence-electron chi connectivity index (χ1n) is 12.9. The quantitative estimate of drug-likeness (QED) is 0.467. The van der Waals surface area contributed by atoms with E-state index in [9.17, 15) is 8.42 Å². The Kier molecular flexibility index (Phi) is 6.09. The van der Waals surface area contributed by atoms with E-state index in [1.807, 2.05) is 37.3 Å². The first-order chi connectivity index (χ1) is 15.9. The van der Waals surface area contributed by atoms with Gasteiger partial charge in [0.1, 0.15) is 10.5 Å². The fourth-order valence-corrected chi connectivity index (χ4v) is 10.1. The van der Waals surface area contributed by atoms with Crippen molar-refractivity contribution in [3.8, 4) is 5.75 Å². The second-order valence-electron chi connectivity index (χ2n) is 10.9. The van der Waals surface area contributed by atoms with Crippen molar-refractivity contribution in [2.45, 2.75) is 94.1 Å². The van der Waals surface area contributed by atoms with Gasteiger partial charge in [0.25, 0.3) is 0 Å². The van der Waals surface area contributed by atoms with E-state index in [1.54, 1.807) is 0 Å². The van der Waals surface area contributed by atoms with E-state index < -0.39 is 14.6 Å². The molecule has 5 rings (SSSR count). The highest BCUT2D eigenvalue weighted by Crippen LogP contribution is 2.63. The van der Waals surface area contributed by atoms with Crippen LogP contribution in [-0.4, -0.2) is 15.0 Å². The standard InChI is InChI=1S/C29H38O3S/c1-22-14-15-24-25(20-22)32-21-27-28(16-9-5-3-4-6-10-17-28)18-11-19-29(24,27)33(30,31)26-13-8-7-12-23(26)2/h7-8,12-15,20,27H,3-6,9-11,16-19,21H2,1-2H3. The third-order valence-corrected chi connectivity index (χ3v) is 11.7. The molecule has 3 aliphatic rings. The van der Waals surface area contributed by atoms with Crippen molar-refractivity contribution in [2.24, 2.45) is 11.3 Å². The van der Waals surface area contributed by atoms with Gasteiger partial charge < -0.3 is 4.74 Å². The van der Waals surface area contributed by atoms with Crippen molar-refractivity contribution in [1.82, 2.24) is 0 Å². The molecular formula is C29H38O3S. The molecule has 2 aromatic rings. The molecular weight excluding hydrogens is 428 g/mol. The maximum Gasteiger partial charge on any atom is 0.189 e. The first-order valence-corrected chi connectivity index (χ1v) is 14.4. The van der Waals surface area contributed by atoms with Crippen LogP contribution in [0.3, 0.4) is 0 Å². The van der Waals surface area contributed by atoms with Crippen molar-refractivity contribution in [1.29, 1.82) is 0 Å². The van der Waals surface area contributed by atoms with Crippen LogP contribution in [0.2, 0.25) is 0 Å². The van der Waals surface area contributed by atoms with Gasteiger partial charge >= 0.3 is 0 Å². The summed E-state index contributed by atoms with van der Waals surface area (Å²) in [5.74, 6) is 0.778. The summed E-state index contributed by atoms with van der Waals surface area (Å²) in [4.78, 5) is 0.503. The van der Waals surface area contributed by atoms with Gasteiger partial charge in [-0.2, -0.15) is 0 Å². The molecule has 178 valence electrons. The average molecular weight is 467 g/mol. The van der Waals surface area contributed by atoms with Gasteiger partial charge in [0.05, 0.1) is 11.5 Å². The molecule has 1 heterocycles. The van der Waals surface area contributed by atoms with Crippen LogP contribution in [0.25, 0.3) is 0 Å². The normalized spacial score (nSPS) is 27.4. The number of fused-ring (bicyclic) bond motifs is 4. The Hall–Kier alpha value is -1.81. The third-order valence-electron chi connectivity index (χ3n) is 8.99. The maximum atomic E-state index is 14.8. The molecule has 0 saturated heterocycles. The van der Waals surface area contributed by atoms with Gasteiger partial charge in [0, 0.05) is 11.5 Å². The molecule has 0 aromatic heterocycles. The molecule has 2 aliphatic carbocycles. The van der Waals surface area contributed by atoms with Crippen LogP contribution in [0.5, 0.6) is 5.75 Å². The largest absolute Gasteiger partial charge is 0.493 e. The number of sulfone groups is 1. The summed E-state index contributed by atoms with van der Waals surface area (Å²) in [5.41, 5.74) is 2.91. The van der Waals surface area contributed by atoms with Gasteiger partial charge in [0.15, 0.2) is 9.84 Å². The SMILES string of the molecule is Cc1ccc2c(c1)OCC1C3(CCCCCCCC3)CCCC21S(=O)(=O)c1ccccc1C. The molecule has 33 heavy (non-hydrogen) atoms. The Morgan fingerprint density at radius 2 is 1.48 bits per heavy atom. The Morgan fingerprint density at radius 3 is 2.21 bits per heavy atom. The molecule has 2 fully saturated rings. The molecule has 0 N–H and O–H groups in total. The van der Waals surface area contributed by atoms with E-state index in [0.29, 0.717) is 17.9 Å². The summed E-state index contributed by atoms with van der Waals surface area (Å²) in [6.07, 6.45) is 12.6. The molecule has 0 bridgehead atoms. The lowest BCUT2D eigenvalue weighted by atomic mass is 9.55. The Labute approximate surface area is 199 Å². The lowest BCUT2D eigenvalue weighted by Crippen LogP contribution is -2.57. The zero-order valence-corrected chi connectivity index (χ0v) is 21.1. The van der Waals surface area contributed by atoms with Crippen molar-refractivity contribution in [3.63, 3.8) is 0 Å². The van der Waals surface area contributed by atoms with E-state index >= 15 is 0 Å². The summed E-state index contributed by atoms with van der Waals surface area (Å²) in [7, 11) is -3.63. The molecule has 1 spiro atoms. The molecule has 2 unspecified atom stereocenters. The Morgan fingerprint density at radius 1 is 0.818 bits per heavy atom. The van der Waals surface area contributed by atoms with Crippen LogP contribution in [0.1, 0.15) is 87.3 Å². The third kappa shape index (κ3) is 3.64. The average Bonchev–Trinajstić information content (AvgIpc) is 2.91. The monoisotopic (exact) mass is 466 g/mol. The van der Waals surface area contributed by atoms with E-state index in [0.717, 1.165) is 48.1 Å². The predicted octanol–water partition coefficient (Wildman–Crippen LogP) is 7.29. The van der Waals surface area contributed by atoms with Gasteiger partial charge in [-0.25, -0.2) is 8.42 Å². The number of aryl methyl sites for hydroxylation is 2. The second-order valence-corrected chi connectivity index (χ2v) is 13.0. The smallest absolute Gasteiger partial charge is 0.189 e. The zero-order valence-electron chi connectivity index (χ0n) is 20.2. The number of ether oxygens (including phenoxy) is 1. The fourth-order valence-electron chi connectivity index (χ4n) is 7.36. The van der Waals surface area contributed by atoms with E-state index in [1.165, 1.54) is 38.5 Å². The van der Waals surface area contributed by atoms with Crippen LogP contribution in [-0.2, 0) is 14.6 Å². The van der Waals surface area contributed by atoms with Crippen molar-refractivity contribution in [2.75, 3.05) is 6.61 Å². The highest BCUT2D eigenvalue weighted by molar-refractivity contribution is 7.92. The molecule has 2 saturated carbocycles. The van der Waals surface area contributed by atoms with E-state index in [4.69, 9.17) is 4.74 Å². The Balaban J connectivity index is 1.74. The number of hydrogen-bond donors (Lipinski definition) is 0. The lowest BCUT2D eigenvalue weighted by molar-refractivity contribution is -0.0128. The number of hydrogen-bond acceptors (Lipinski definition) is 3. The second kappa shape index (κ2) is 8.76. The maximum absolute atomic E-state index is 14.8. The first kappa shape index (κ1) is 23.0. The molecule has 3 nitrogen and oxygen atoms in total. The topological polar surface area (TPSA) is 43.4 Å². The summed E-state index contributed by atoms with van der Waals surface area (Å²) in [6, 6.07) is 13.8. The van der Waals surface area contributed by atoms with Crippen LogP contribution < -0.4 is 4.74 Å². The predicted molar refractivity (Wildman–Crippen MR) is 133 cm³/mol. The molecule has 0 amide bonds. The zero-order chi connectivity index (χ0) is 23.1. The van der Waals surface area contributed by atoms with Crippen LogP contribution >= 0.6 is 0 Å². The summed E-state index contributed by atoms with van der Waals surface area (Å²) in [6.45, 7) is 4.51. The molecule has 1 aliphatic heterocycles. The fraction of sp³-hybridized carbons (Fsp3) is 0.586. The molecule has 2 atom stereocenters. The Bertz CT molecular complexity index is 1110. The van der Waals surface area contributed by atoms with Crippen molar-refractivity contribution >= 4 is 9.84 Å². The molecule has 0 radical (unpaired) electrons. The van der Waals surface area contributed by atoms with Gasteiger partial charge in [-0.3, -0.25) is 0 Å². The van der Waals surface area contributed by atoms with Gasteiger partial charge in [-0.15, -0.1) is 0 Å². The minimum absolute atomic E-state index is 0.00309. The van der Waals surface area contributed by atoms with Crippen LogP contribution in [0, 0.1) is 25.2 Å². The van der Waals surface area contributed by atoms with Crippen LogP contribution in [0.4, 0.5) is 0 Å². The van der Waals surface area contributed by atoms with E-state index in [2.05, 4.69) is 19.1 Å². The van der Waals surface area contributed by atoms with Crippen molar-refractivity contribution < 1.29 is 13.2 Å². The van der Waals surface area contributed by atoms with E-state index in [-0.39, 0.29) is 11.3 Å². The highest BCUT2D eigenvalue weighted by atomic mass is 32.2. The lowest BCUT2D eigenvalue weighted by Gasteiger charge is -2.57. The molecule has 4 heteroatoms. The summed E-state index contributed by atoms with van der Waals surface area (Å²) < 4.78 is 35.1. The summed E-state index contributed by atoms with van der Waals surface area (Å²) in [5, 5.41) is 0. The molecule has 2 aromatic carbocycles. The minimum Gasteiger partial charge on any atom is -0.493 e. The highest BCUT2D eigenvalue weighted by Gasteiger charge is 2.63. The van der Waals surface area contributed by atoms with Crippen LogP contribution in [0.15, 0.2) is 47.4 Å². The number of rotatable bonds is 2. The van der Waals surface area contributed by atoms with Gasteiger partial charge in [-0.05, 0) is 68.2 Å².